The molecule has 0 saturated carbocycles. The van der Waals surface area contributed by atoms with Crippen LogP contribution in [0.1, 0.15) is 50.2 Å². The van der Waals surface area contributed by atoms with E-state index in [1.807, 2.05) is 6.08 Å². The monoisotopic (exact) mass is 504 g/mol. The Hall–Kier alpha value is -4.38. The van der Waals surface area contributed by atoms with Crippen molar-refractivity contribution in [3.63, 3.8) is 0 Å². The molecule has 0 spiro atoms. The van der Waals surface area contributed by atoms with Crippen molar-refractivity contribution in [3.05, 3.63) is 157 Å². The molecular weight excluding hydrogens is 468 g/mol. The van der Waals surface area contributed by atoms with Gasteiger partial charge in [-0.25, -0.2) is 0 Å². The van der Waals surface area contributed by atoms with E-state index >= 15 is 0 Å². The summed E-state index contributed by atoms with van der Waals surface area (Å²) in [6.07, 6.45) is 31.3. The minimum Gasteiger partial charge on any atom is -0.125 e. The van der Waals surface area contributed by atoms with Crippen LogP contribution in [0.2, 0.25) is 0 Å². The first-order chi connectivity index (χ1) is 19.3. The third-order valence-electron chi connectivity index (χ3n) is 7.26. The lowest BCUT2D eigenvalue weighted by Crippen LogP contribution is -1.96. The van der Waals surface area contributed by atoms with E-state index in [1.165, 1.54) is 49.0 Å². The van der Waals surface area contributed by atoms with E-state index in [0.717, 1.165) is 19.3 Å². The Balaban J connectivity index is 1.80. The van der Waals surface area contributed by atoms with Gasteiger partial charge in [0.25, 0.3) is 0 Å². The van der Waals surface area contributed by atoms with Crippen LogP contribution in [0.25, 0.3) is 37.9 Å². The van der Waals surface area contributed by atoms with E-state index in [2.05, 4.69) is 153 Å². The Morgan fingerprint density at radius 2 is 1.54 bits per heavy atom. The first-order valence-electron chi connectivity index (χ1n) is 14.1. The van der Waals surface area contributed by atoms with Crippen LogP contribution in [-0.2, 0) is 0 Å². The molecule has 1 aliphatic rings. The van der Waals surface area contributed by atoms with Gasteiger partial charge < -0.3 is 0 Å². The van der Waals surface area contributed by atoms with E-state index < -0.39 is 0 Å². The van der Waals surface area contributed by atoms with E-state index in [1.54, 1.807) is 0 Å². The smallest absolute Gasteiger partial charge is 0.0211 e. The molecule has 0 heterocycles. The second kappa shape index (κ2) is 12.9. The van der Waals surface area contributed by atoms with Gasteiger partial charge in [-0.1, -0.05) is 122 Å². The molecule has 5 rings (SSSR count). The van der Waals surface area contributed by atoms with Gasteiger partial charge in [0.2, 0.25) is 0 Å². The molecule has 1 unspecified atom stereocenters. The molecular formula is C39H36. The highest BCUT2D eigenvalue weighted by Crippen LogP contribution is 2.40. The molecule has 4 aromatic rings. The number of rotatable bonds is 6. The van der Waals surface area contributed by atoms with E-state index in [4.69, 9.17) is 0 Å². The lowest BCUT2D eigenvalue weighted by Gasteiger charge is -2.18. The molecule has 0 radical (unpaired) electrons. The van der Waals surface area contributed by atoms with Gasteiger partial charge in [0, 0.05) is 5.92 Å². The molecule has 0 saturated heterocycles. The zero-order valence-electron chi connectivity index (χ0n) is 23.0. The van der Waals surface area contributed by atoms with Gasteiger partial charge in [-0.15, -0.1) is 5.73 Å². The zero-order valence-corrected chi connectivity index (χ0v) is 23.0. The van der Waals surface area contributed by atoms with Gasteiger partial charge >= 0.3 is 0 Å². The van der Waals surface area contributed by atoms with Gasteiger partial charge in [0.1, 0.15) is 0 Å². The number of benzene rings is 4. The van der Waals surface area contributed by atoms with Crippen LogP contribution >= 0.6 is 0 Å². The van der Waals surface area contributed by atoms with Gasteiger partial charge in [-0.05, 0) is 99.5 Å². The molecule has 1 atom stereocenters. The number of allylic oxidation sites excluding steroid dienone is 13. The Morgan fingerprint density at radius 1 is 0.821 bits per heavy atom. The van der Waals surface area contributed by atoms with Crippen LogP contribution in [0.4, 0.5) is 0 Å². The lowest BCUT2D eigenvalue weighted by atomic mass is 9.85. The highest BCUT2D eigenvalue weighted by molar-refractivity contribution is 6.21. The Bertz CT molecular complexity index is 1720. The maximum Gasteiger partial charge on any atom is 0.0211 e. The van der Waals surface area contributed by atoms with Gasteiger partial charge in [-0.2, -0.15) is 0 Å². The second-order valence-electron chi connectivity index (χ2n) is 9.85. The average molecular weight is 505 g/mol. The van der Waals surface area contributed by atoms with Gasteiger partial charge in [0.15, 0.2) is 0 Å². The molecule has 0 N–H and O–H groups in total. The normalized spacial score (nSPS) is 18.8. The minimum atomic E-state index is 0.156. The fraction of sp³-hybridized carbons (Fsp3) is 0.154. The van der Waals surface area contributed by atoms with Crippen molar-refractivity contribution < 1.29 is 0 Å². The topological polar surface area (TPSA) is 0 Å². The van der Waals surface area contributed by atoms with Crippen molar-refractivity contribution in [2.75, 3.05) is 0 Å². The second-order valence-corrected chi connectivity index (χ2v) is 9.85. The van der Waals surface area contributed by atoms with E-state index in [9.17, 15) is 0 Å². The summed E-state index contributed by atoms with van der Waals surface area (Å²) in [5, 5.41) is 7.80. The van der Waals surface area contributed by atoms with Crippen LogP contribution in [0, 0.1) is 0 Å². The van der Waals surface area contributed by atoms with Crippen molar-refractivity contribution in [1.29, 1.82) is 0 Å². The summed E-state index contributed by atoms with van der Waals surface area (Å²) in [6.45, 7) is 4.29. The van der Waals surface area contributed by atoms with Crippen LogP contribution in [0.3, 0.4) is 0 Å². The molecule has 0 nitrogen and oxygen atoms in total. The van der Waals surface area contributed by atoms with Crippen molar-refractivity contribution in [2.24, 2.45) is 0 Å². The molecule has 0 fully saturated rings. The molecule has 0 aromatic heterocycles. The Morgan fingerprint density at radius 3 is 2.33 bits per heavy atom. The summed E-state index contributed by atoms with van der Waals surface area (Å²) >= 11 is 0. The molecule has 0 bridgehead atoms. The minimum absolute atomic E-state index is 0.156. The fourth-order valence-electron chi connectivity index (χ4n) is 5.44. The van der Waals surface area contributed by atoms with Crippen molar-refractivity contribution in [1.82, 2.24) is 0 Å². The third kappa shape index (κ3) is 5.88. The lowest BCUT2D eigenvalue weighted by molar-refractivity contribution is 1.10. The third-order valence-corrected chi connectivity index (χ3v) is 7.26. The number of hydrogen-bond acceptors (Lipinski definition) is 0. The average Bonchev–Trinajstić information content (AvgIpc) is 3.04. The summed E-state index contributed by atoms with van der Waals surface area (Å²) in [4.78, 5) is 0. The fourth-order valence-corrected chi connectivity index (χ4v) is 5.44. The van der Waals surface area contributed by atoms with Crippen molar-refractivity contribution in [3.8, 4) is 0 Å². The highest BCUT2D eigenvalue weighted by atomic mass is 14.2. The van der Waals surface area contributed by atoms with Crippen LogP contribution in [-0.4, -0.2) is 0 Å². The molecule has 0 aliphatic heterocycles. The standard InChI is InChI=1S/C39H36/c1-3-5-6-13-21-30(20-4-2)36-28-38-35-27-19-17-25-33(35)37(29-39(38)34-26-18-16-24-32(34)36)31-22-14-11-9-7-8-10-12-15-23-31/h3,5,7,10-29,31H,4,6,8H2,1-2H3/b5-3-,12-10-,21-13-,22-14-,23-15-,30-20+. The number of fused-ring (bicyclic) bond motifs is 5. The molecule has 4 aromatic carbocycles. The quantitative estimate of drug-likeness (QED) is 0.106. The van der Waals surface area contributed by atoms with E-state index in [0.29, 0.717) is 0 Å². The van der Waals surface area contributed by atoms with Gasteiger partial charge in [-0.3, -0.25) is 0 Å². The van der Waals surface area contributed by atoms with Crippen molar-refractivity contribution >= 4 is 37.9 Å². The van der Waals surface area contributed by atoms with Gasteiger partial charge in [0.05, 0.1) is 0 Å². The van der Waals surface area contributed by atoms with Crippen LogP contribution in [0.5, 0.6) is 0 Å². The zero-order chi connectivity index (χ0) is 26.9. The SMILES string of the molecule is C/C=C\C/C=C\C(=C/CC)c1cc2c3ccccc3c(C3/C=C\C=C=CC/C=C\C=C/3)cc2c2ccccc12. The largest absolute Gasteiger partial charge is 0.125 e. The first kappa shape index (κ1) is 26.2. The summed E-state index contributed by atoms with van der Waals surface area (Å²) in [5.41, 5.74) is 7.17. The summed E-state index contributed by atoms with van der Waals surface area (Å²) in [5.74, 6) is 0.156. The predicted molar refractivity (Wildman–Crippen MR) is 173 cm³/mol. The first-order valence-corrected chi connectivity index (χ1v) is 14.1. The molecule has 39 heavy (non-hydrogen) atoms. The summed E-state index contributed by atoms with van der Waals surface area (Å²) in [7, 11) is 0. The summed E-state index contributed by atoms with van der Waals surface area (Å²) in [6, 6.07) is 22.6. The maximum atomic E-state index is 3.26. The molecule has 1 aliphatic carbocycles. The predicted octanol–water partition coefficient (Wildman–Crippen LogP) is 11.3. The molecule has 0 amide bonds. The maximum absolute atomic E-state index is 3.26. The molecule has 0 heteroatoms. The Labute approximate surface area is 233 Å². The van der Waals surface area contributed by atoms with E-state index in [-0.39, 0.29) is 5.92 Å². The highest BCUT2D eigenvalue weighted by Gasteiger charge is 2.16. The molecule has 192 valence electrons. The van der Waals surface area contributed by atoms with Crippen LogP contribution in [0.15, 0.2) is 145 Å². The van der Waals surface area contributed by atoms with Crippen LogP contribution < -0.4 is 0 Å². The Kier molecular flexibility index (Phi) is 8.69. The summed E-state index contributed by atoms with van der Waals surface area (Å²) < 4.78 is 0. The van der Waals surface area contributed by atoms with Crippen molar-refractivity contribution in [2.45, 2.75) is 39.0 Å². The number of hydrogen-bond donors (Lipinski definition) is 0.